The second-order valence-electron chi connectivity index (χ2n) is 7.64. The van der Waals surface area contributed by atoms with Crippen LogP contribution in [0.15, 0.2) is 35.7 Å². The van der Waals surface area contributed by atoms with E-state index in [1.165, 1.54) is 16.0 Å². The van der Waals surface area contributed by atoms with E-state index in [4.69, 9.17) is 0 Å². The summed E-state index contributed by atoms with van der Waals surface area (Å²) in [6.07, 6.45) is 2.25. The molecule has 1 aliphatic carbocycles. The maximum Gasteiger partial charge on any atom is 0.252 e. The summed E-state index contributed by atoms with van der Waals surface area (Å²) < 4.78 is 0. The van der Waals surface area contributed by atoms with Crippen molar-refractivity contribution >= 4 is 23.2 Å². The van der Waals surface area contributed by atoms with Gasteiger partial charge in [-0.1, -0.05) is 38.1 Å². The maximum atomic E-state index is 12.5. The first-order valence-corrected chi connectivity index (χ1v) is 10.1. The predicted molar refractivity (Wildman–Crippen MR) is 104 cm³/mol. The van der Waals surface area contributed by atoms with E-state index in [2.05, 4.69) is 43.4 Å². The molecule has 0 unspecified atom stereocenters. The summed E-state index contributed by atoms with van der Waals surface area (Å²) in [4.78, 5) is 28.2. The minimum absolute atomic E-state index is 0.0671. The van der Waals surface area contributed by atoms with E-state index in [1.807, 2.05) is 16.3 Å². The number of carbonyl (C=O) groups excluding carboxylic acids is 2. The first-order chi connectivity index (χ1) is 12.5. The van der Waals surface area contributed by atoms with Crippen LogP contribution in [0.5, 0.6) is 0 Å². The minimum atomic E-state index is -0.0962. The third-order valence-corrected chi connectivity index (χ3v) is 6.65. The Morgan fingerprint density at radius 3 is 2.50 bits per heavy atom. The molecule has 136 valence electrons. The fourth-order valence-electron chi connectivity index (χ4n) is 3.98. The molecule has 4 nitrogen and oxygen atoms in total. The van der Waals surface area contributed by atoms with Crippen molar-refractivity contribution in [3.8, 4) is 0 Å². The summed E-state index contributed by atoms with van der Waals surface area (Å²) in [7, 11) is 0. The number of hydrogen-bond donors (Lipinski definition) is 1. The number of nitrogens with one attached hydrogen (secondary N) is 1. The van der Waals surface area contributed by atoms with Gasteiger partial charge in [0.25, 0.3) is 5.91 Å². The SMILES string of the molecule is CC(C)c1cc(C(=O)N[C@@H]2CC(=O)N(C3Cc4ccccc4C3)C2)cs1. The van der Waals surface area contributed by atoms with Crippen LogP contribution in [-0.4, -0.2) is 35.3 Å². The van der Waals surface area contributed by atoms with Gasteiger partial charge in [0.05, 0.1) is 11.6 Å². The van der Waals surface area contributed by atoms with Crippen molar-refractivity contribution in [2.45, 2.75) is 51.1 Å². The van der Waals surface area contributed by atoms with Crippen molar-refractivity contribution in [1.29, 1.82) is 0 Å². The lowest BCUT2D eigenvalue weighted by Gasteiger charge is -2.24. The molecule has 0 bridgehead atoms. The van der Waals surface area contributed by atoms with E-state index >= 15 is 0 Å². The Morgan fingerprint density at radius 1 is 1.19 bits per heavy atom. The summed E-state index contributed by atoms with van der Waals surface area (Å²) in [5.41, 5.74) is 3.40. The molecular weight excluding hydrogens is 344 g/mol. The van der Waals surface area contributed by atoms with Crippen molar-refractivity contribution in [3.05, 3.63) is 57.3 Å². The number of thiophene rings is 1. The summed E-state index contributed by atoms with van der Waals surface area (Å²) in [5, 5.41) is 4.97. The van der Waals surface area contributed by atoms with E-state index in [0.717, 1.165) is 12.8 Å². The fourth-order valence-corrected chi connectivity index (χ4v) is 4.89. The molecule has 1 N–H and O–H groups in total. The average molecular weight is 369 g/mol. The second kappa shape index (κ2) is 6.88. The van der Waals surface area contributed by atoms with Crippen molar-refractivity contribution in [2.24, 2.45) is 0 Å². The number of nitrogens with zero attached hydrogens (tertiary/aromatic N) is 1. The Morgan fingerprint density at radius 2 is 1.88 bits per heavy atom. The van der Waals surface area contributed by atoms with Crippen LogP contribution in [0.1, 0.15) is 52.5 Å². The highest BCUT2D eigenvalue weighted by Crippen LogP contribution is 2.28. The van der Waals surface area contributed by atoms with Gasteiger partial charge in [0, 0.05) is 29.3 Å². The van der Waals surface area contributed by atoms with Gasteiger partial charge in [-0.2, -0.15) is 0 Å². The van der Waals surface area contributed by atoms with Crippen LogP contribution in [0.3, 0.4) is 0 Å². The molecule has 4 rings (SSSR count). The number of fused-ring (bicyclic) bond motifs is 1. The Labute approximate surface area is 158 Å². The molecule has 2 aromatic rings. The van der Waals surface area contributed by atoms with Gasteiger partial charge in [-0.15, -0.1) is 11.3 Å². The highest BCUT2D eigenvalue weighted by Gasteiger charge is 2.37. The Hall–Kier alpha value is -2.14. The van der Waals surface area contributed by atoms with Crippen LogP contribution >= 0.6 is 11.3 Å². The van der Waals surface area contributed by atoms with Crippen molar-refractivity contribution < 1.29 is 9.59 Å². The molecular formula is C21H24N2O2S. The van der Waals surface area contributed by atoms with Crippen molar-refractivity contribution in [3.63, 3.8) is 0 Å². The number of carbonyl (C=O) groups is 2. The molecule has 1 saturated heterocycles. The quantitative estimate of drug-likeness (QED) is 0.899. The van der Waals surface area contributed by atoms with Crippen LogP contribution in [0.4, 0.5) is 0 Å². The van der Waals surface area contributed by atoms with Gasteiger partial charge in [-0.05, 0) is 36.0 Å². The zero-order valence-electron chi connectivity index (χ0n) is 15.2. The number of hydrogen-bond acceptors (Lipinski definition) is 3. The molecule has 1 atom stereocenters. The van der Waals surface area contributed by atoms with Gasteiger partial charge in [-0.3, -0.25) is 9.59 Å². The van der Waals surface area contributed by atoms with E-state index < -0.39 is 0 Å². The molecule has 0 radical (unpaired) electrons. The number of benzene rings is 1. The topological polar surface area (TPSA) is 49.4 Å². The normalized spacial score (nSPS) is 20.0. The van der Waals surface area contributed by atoms with Crippen LogP contribution in [0, 0.1) is 0 Å². The molecule has 2 aliphatic rings. The molecule has 2 heterocycles. The average Bonchev–Trinajstić information content (AvgIpc) is 3.31. The zero-order chi connectivity index (χ0) is 18.3. The van der Waals surface area contributed by atoms with E-state index in [9.17, 15) is 9.59 Å². The maximum absolute atomic E-state index is 12.5. The van der Waals surface area contributed by atoms with Crippen LogP contribution in [0.2, 0.25) is 0 Å². The monoisotopic (exact) mass is 368 g/mol. The van der Waals surface area contributed by atoms with E-state index in [-0.39, 0.29) is 23.9 Å². The molecule has 5 heteroatoms. The van der Waals surface area contributed by atoms with E-state index in [1.54, 1.807) is 11.3 Å². The predicted octanol–water partition coefficient (Wildman–Crippen LogP) is 3.37. The van der Waals surface area contributed by atoms with Gasteiger partial charge in [-0.25, -0.2) is 0 Å². The van der Waals surface area contributed by atoms with Gasteiger partial charge in [0.1, 0.15) is 0 Å². The lowest BCUT2D eigenvalue weighted by Crippen LogP contribution is -2.41. The van der Waals surface area contributed by atoms with Crippen LogP contribution < -0.4 is 5.32 Å². The third kappa shape index (κ3) is 3.28. The molecule has 1 aromatic carbocycles. The summed E-state index contributed by atoms with van der Waals surface area (Å²) in [6, 6.07) is 10.5. The molecule has 26 heavy (non-hydrogen) atoms. The minimum Gasteiger partial charge on any atom is -0.347 e. The first-order valence-electron chi connectivity index (χ1n) is 9.27. The van der Waals surface area contributed by atoms with Crippen LogP contribution in [-0.2, 0) is 17.6 Å². The number of amides is 2. The van der Waals surface area contributed by atoms with Gasteiger partial charge in [0.15, 0.2) is 0 Å². The lowest BCUT2D eigenvalue weighted by molar-refractivity contribution is -0.129. The number of rotatable bonds is 4. The molecule has 0 spiro atoms. The van der Waals surface area contributed by atoms with Gasteiger partial charge >= 0.3 is 0 Å². The highest BCUT2D eigenvalue weighted by molar-refractivity contribution is 7.10. The van der Waals surface area contributed by atoms with E-state index in [0.29, 0.717) is 24.4 Å². The Kier molecular flexibility index (Phi) is 4.57. The Bertz CT molecular complexity index is 817. The zero-order valence-corrected chi connectivity index (χ0v) is 16.0. The van der Waals surface area contributed by atoms with Gasteiger partial charge in [0.2, 0.25) is 5.91 Å². The third-order valence-electron chi connectivity index (χ3n) is 5.41. The molecule has 1 aromatic heterocycles. The van der Waals surface area contributed by atoms with Crippen LogP contribution in [0.25, 0.3) is 0 Å². The van der Waals surface area contributed by atoms with Crippen molar-refractivity contribution in [1.82, 2.24) is 10.2 Å². The lowest BCUT2D eigenvalue weighted by atomic mass is 10.1. The molecule has 1 aliphatic heterocycles. The smallest absolute Gasteiger partial charge is 0.252 e. The standard InChI is InChI=1S/C21H24N2O2S/c1-13(2)19-9-16(12-26-19)21(25)22-17-10-20(24)23(11-17)18-7-14-5-3-4-6-15(14)8-18/h3-6,9,12-13,17-18H,7-8,10-11H2,1-2H3,(H,22,25)/t17-/m1/s1. The molecule has 0 saturated carbocycles. The Balaban J connectivity index is 1.38. The highest BCUT2D eigenvalue weighted by atomic mass is 32.1. The largest absolute Gasteiger partial charge is 0.347 e. The van der Waals surface area contributed by atoms with Gasteiger partial charge < -0.3 is 10.2 Å². The first kappa shape index (κ1) is 17.3. The molecule has 1 fully saturated rings. The number of likely N-dealkylation sites (tertiary alicyclic amines) is 1. The molecule has 2 amide bonds. The summed E-state index contributed by atoms with van der Waals surface area (Å²) in [5.74, 6) is 0.512. The summed E-state index contributed by atoms with van der Waals surface area (Å²) >= 11 is 1.62. The van der Waals surface area contributed by atoms with Crippen molar-refractivity contribution in [2.75, 3.05) is 6.54 Å². The fraction of sp³-hybridized carbons (Fsp3) is 0.429. The second-order valence-corrected chi connectivity index (χ2v) is 8.59. The summed E-state index contributed by atoms with van der Waals surface area (Å²) in [6.45, 7) is 4.87.